The van der Waals surface area contributed by atoms with Crippen molar-refractivity contribution in [2.24, 2.45) is 0 Å². The predicted molar refractivity (Wildman–Crippen MR) is 82.8 cm³/mol. The molecule has 0 aliphatic carbocycles. The van der Waals surface area contributed by atoms with Crippen LogP contribution in [0.1, 0.15) is 5.56 Å². The first-order chi connectivity index (χ1) is 10.7. The Morgan fingerprint density at radius 3 is 2.23 bits per heavy atom. The van der Waals surface area contributed by atoms with Gasteiger partial charge in [0.2, 0.25) is 5.75 Å². The quantitative estimate of drug-likeness (QED) is 0.741. The van der Waals surface area contributed by atoms with E-state index in [1.165, 1.54) is 0 Å². The molecule has 2 heterocycles. The Hall–Kier alpha value is -2.76. The smallest absolute Gasteiger partial charge is 0.203 e. The van der Waals surface area contributed by atoms with E-state index in [-0.39, 0.29) is 0 Å². The maximum atomic E-state index is 5.40. The summed E-state index contributed by atoms with van der Waals surface area (Å²) in [6, 6.07) is 3.78. The molecule has 114 valence electrons. The number of hydrogen-bond acceptors (Lipinski definition) is 5. The molecular formula is C16H17N3O3. The summed E-state index contributed by atoms with van der Waals surface area (Å²) in [5, 5.41) is 4.35. The molecule has 0 radical (unpaired) electrons. The van der Waals surface area contributed by atoms with Crippen LogP contribution in [0.5, 0.6) is 17.2 Å². The number of methoxy groups -OCH3 is 3. The molecule has 6 nitrogen and oxygen atoms in total. The molecule has 0 saturated carbocycles. The summed E-state index contributed by atoms with van der Waals surface area (Å²) in [6.07, 6.45) is 5.53. The van der Waals surface area contributed by atoms with E-state index < -0.39 is 0 Å². The fourth-order valence-electron chi connectivity index (χ4n) is 2.41. The summed E-state index contributed by atoms with van der Waals surface area (Å²) >= 11 is 0. The van der Waals surface area contributed by atoms with Crippen LogP contribution < -0.4 is 14.2 Å². The van der Waals surface area contributed by atoms with Gasteiger partial charge >= 0.3 is 0 Å². The number of benzene rings is 1. The first kappa shape index (κ1) is 14.2. The fourth-order valence-corrected chi connectivity index (χ4v) is 2.41. The zero-order chi connectivity index (χ0) is 15.7. The molecule has 0 atom stereocenters. The largest absolute Gasteiger partial charge is 0.493 e. The molecule has 3 rings (SSSR count). The highest BCUT2D eigenvalue weighted by molar-refractivity contribution is 5.80. The first-order valence-corrected chi connectivity index (χ1v) is 6.78. The summed E-state index contributed by atoms with van der Waals surface area (Å²) in [5.74, 6) is 1.76. The fraction of sp³-hybridized carbons (Fsp3) is 0.250. The van der Waals surface area contributed by atoms with Crippen LogP contribution in [0.3, 0.4) is 0 Å². The standard InChI is InChI=1S/C16H17N3O3/c1-10-7-17-16-12(8-18-19(16)9-10)11-5-13(20-2)15(22-4)14(6-11)21-3/h5-9H,1-4H3. The van der Waals surface area contributed by atoms with Crippen molar-refractivity contribution in [1.29, 1.82) is 0 Å². The zero-order valence-corrected chi connectivity index (χ0v) is 13.0. The average molecular weight is 299 g/mol. The third-order valence-electron chi connectivity index (χ3n) is 3.46. The Kier molecular flexibility index (Phi) is 3.58. The molecule has 0 aliphatic rings. The van der Waals surface area contributed by atoms with E-state index in [1.807, 2.05) is 31.5 Å². The van der Waals surface area contributed by atoms with Crippen molar-refractivity contribution in [2.45, 2.75) is 6.92 Å². The Balaban J connectivity index is 2.22. The Labute approximate surface area is 128 Å². The maximum absolute atomic E-state index is 5.40. The molecule has 0 N–H and O–H groups in total. The normalized spacial score (nSPS) is 10.7. The molecule has 6 heteroatoms. The van der Waals surface area contributed by atoms with Crippen LogP contribution in [0.4, 0.5) is 0 Å². The Morgan fingerprint density at radius 1 is 0.955 bits per heavy atom. The minimum Gasteiger partial charge on any atom is -0.493 e. The molecule has 0 saturated heterocycles. The van der Waals surface area contributed by atoms with Crippen LogP contribution in [0.25, 0.3) is 16.8 Å². The predicted octanol–water partition coefficient (Wildman–Crippen LogP) is 2.73. The van der Waals surface area contributed by atoms with Gasteiger partial charge in [0.15, 0.2) is 17.1 Å². The Morgan fingerprint density at radius 2 is 1.64 bits per heavy atom. The highest BCUT2D eigenvalue weighted by Crippen LogP contribution is 2.41. The van der Waals surface area contributed by atoms with Gasteiger partial charge in [-0.25, -0.2) is 9.50 Å². The van der Waals surface area contributed by atoms with Crippen LogP contribution in [0, 0.1) is 6.92 Å². The van der Waals surface area contributed by atoms with Crippen LogP contribution in [-0.4, -0.2) is 35.9 Å². The number of aromatic nitrogens is 3. The van der Waals surface area contributed by atoms with E-state index in [2.05, 4.69) is 10.1 Å². The molecular weight excluding hydrogens is 282 g/mol. The van der Waals surface area contributed by atoms with Crippen molar-refractivity contribution in [3.63, 3.8) is 0 Å². The SMILES string of the molecule is COc1cc(-c2cnn3cc(C)cnc23)cc(OC)c1OC. The number of rotatable bonds is 4. The molecule has 0 unspecified atom stereocenters. The van der Waals surface area contributed by atoms with E-state index in [0.717, 1.165) is 22.3 Å². The molecule has 0 amide bonds. The molecule has 2 aromatic heterocycles. The highest BCUT2D eigenvalue weighted by Gasteiger charge is 2.16. The second kappa shape index (κ2) is 5.55. The zero-order valence-electron chi connectivity index (χ0n) is 13.0. The van der Waals surface area contributed by atoms with Crippen molar-refractivity contribution in [3.8, 4) is 28.4 Å². The summed E-state index contributed by atoms with van der Waals surface area (Å²) < 4.78 is 17.9. The average Bonchev–Trinajstić information content (AvgIpc) is 2.96. The molecule has 0 bridgehead atoms. The number of ether oxygens (including phenoxy) is 3. The lowest BCUT2D eigenvalue weighted by molar-refractivity contribution is 0.324. The second-order valence-electron chi connectivity index (χ2n) is 4.87. The van der Waals surface area contributed by atoms with Gasteiger partial charge in [-0.15, -0.1) is 0 Å². The number of aryl methyl sites for hydroxylation is 1. The lowest BCUT2D eigenvalue weighted by Gasteiger charge is -2.13. The van der Waals surface area contributed by atoms with Crippen LogP contribution in [-0.2, 0) is 0 Å². The van der Waals surface area contributed by atoms with Gasteiger partial charge in [0.1, 0.15) is 0 Å². The van der Waals surface area contributed by atoms with Crippen LogP contribution in [0.15, 0.2) is 30.7 Å². The van der Waals surface area contributed by atoms with Gasteiger partial charge in [-0.3, -0.25) is 0 Å². The summed E-state index contributed by atoms with van der Waals surface area (Å²) in [5.41, 5.74) is 3.63. The minimum atomic E-state index is 0.564. The minimum absolute atomic E-state index is 0.564. The van der Waals surface area contributed by atoms with Crippen LogP contribution >= 0.6 is 0 Å². The lowest BCUT2D eigenvalue weighted by atomic mass is 10.1. The van der Waals surface area contributed by atoms with Gasteiger partial charge in [-0.2, -0.15) is 5.10 Å². The molecule has 0 spiro atoms. The number of nitrogens with zero attached hydrogens (tertiary/aromatic N) is 3. The summed E-state index contributed by atoms with van der Waals surface area (Å²) in [7, 11) is 4.78. The van der Waals surface area contributed by atoms with Crippen molar-refractivity contribution < 1.29 is 14.2 Å². The monoisotopic (exact) mass is 299 g/mol. The van der Waals surface area contributed by atoms with Gasteiger partial charge in [0.05, 0.1) is 27.5 Å². The van der Waals surface area contributed by atoms with E-state index >= 15 is 0 Å². The van der Waals surface area contributed by atoms with E-state index in [9.17, 15) is 0 Å². The van der Waals surface area contributed by atoms with Gasteiger partial charge in [-0.05, 0) is 30.2 Å². The number of fused-ring (bicyclic) bond motifs is 1. The topological polar surface area (TPSA) is 57.9 Å². The van der Waals surface area contributed by atoms with Crippen molar-refractivity contribution in [1.82, 2.24) is 14.6 Å². The van der Waals surface area contributed by atoms with Crippen LogP contribution in [0.2, 0.25) is 0 Å². The first-order valence-electron chi connectivity index (χ1n) is 6.78. The van der Waals surface area contributed by atoms with E-state index in [0.29, 0.717) is 17.2 Å². The number of hydrogen-bond donors (Lipinski definition) is 0. The lowest BCUT2D eigenvalue weighted by Crippen LogP contribution is -1.96. The summed E-state index contributed by atoms with van der Waals surface area (Å²) in [6.45, 7) is 1.98. The second-order valence-corrected chi connectivity index (χ2v) is 4.87. The van der Waals surface area contributed by atoms with Gasteiger partial charge in [-0.1, -0.05) is 0 Å². The molecule has 0 fully saturated rings. The van der Waals surface area contributed by atoms with Gasteiger partial charge in [0, 0.05) is 18.0 Å². The maximum Gasteiger partial charge on any atom is 0.203 e. The Bertz CT molecular complexity index is 802. The third kappa shape index (κ3) is 2.22. The molecule has 0 aliphatic heterocycles. The molecule has 1 aromatic carbocycles. The van der Waals surface area contributed by atoms with Gasteiger partial charge in [0.25, 0.3) is 0 Å². The van der Waals surface area contributed by atoms with E-state index in [4.69, 9.17) is 14.2 Å². The molecule has 3 aromatic rings. The van der Waals surface area contributed by atoms with Crippen molar-refractivity contribution in [2.75, 3.05) is 21.3 Å². The summed E-state index contributed by atoms with van der Waals surface area (Å²) in [4.78, 5) is 4.46. The van der Waals surface area contributed by atoms with Crippen molar-refractivity contribution in [3.05, 3.63) is 36.3 Å². The third-order valence-corrected chi connectivity index (χ3v) is 3.46. The van der Waals surface area contributed by atoms with E-state index in [1.54, 1.807) is 32.0 Å². The highest BCUT2D eigenvalue weighted by atomic mass is 16.5. The van der Waals surface area contributed by atoms with Gasteiger partial charge < -0.3 is 14.2 Å². The van der Waals surface area contributed by atoms with Crippen molar-refractivity contribution >= 4 is 5.65 Å². The molecule has 22 heavy (non-hydrogen) atoms.